The molecule has 76 valence electrons. The molecule has 0 unspecified atom stereocenters. The van der Waals surface area contributed by atoms with Crippen LogP contribution in [0.25, 0.3) is 0 Å². The van der Waals surface area contributed by atoms with E-state index in [9.17, 15) is 18.0 Å². The van der Waals surface area contributed by atoms with Crippen molar-refractivity contribution in [2.45, 2.75) is 6.10 Å². The molecule has 0 fully saturated rings. The van der Waals surface area contributed by atoms with Gasteiger partial charge in [0.05, 0.1) is 0 Å². The van der Waals surface area contributed by atoms with Crippen LogP contribution in [0.5, 0.6) is 0 Å². The Hall–Kier alpha value is -1.56. The summed E-state index contributed by atoms with van der Waals surface area (Å²) in [5.41, 5.74) is -0.547. The summed E-state index contributed by atoms with van der Waals surface area (Å²) in [7, 11) is 0. The zero-order chi connectivity index (χ0) is 10.9. The van der Waals surface area contributed by atoms with Gasteiger partial charge in [0.25, 0.3) is 0 Å². The van der Waals surface area contributed by atoms with Gasteiger partial charge in [0.15, 0.2) is 23.6 Å². The first-order chi connectivity index (χ1) is 6.43. The van der Waals surface area contributed by atoms with Gasteiger partial charge in [0, 0.05) is 0 Å². The molecule has 0 aromatic heterocycles. The van der Waals surface area contributed by atoms with Crippen LogP contribution in [-0.4, -0.2) is 16.2 Å². The zero-order valence-electron chi connectivity index (χ0n) is 6.67. The highest BCUT2D eigenvalue weighted by Crippen LogP contribution is 2.19. The predicted molar refractivity (Wildman–Crippen MR) is 38.9 cm³/mol. The van der Waals surface area contributed by atoms with E-state index in [0.29, 0.717) is 12.1 Å². The fraction of sp³-hybridized carbons (Fsp3) is 0.125. The molecular formula is C8H5F3O3. The van der Waals surface area contributed by atoms with E-state index in [0.717, 1.165) is 0 Å². The molecule has 0 bridgehead atoms. The van der Waals surface area contributed by atoms with Crippen molar-refractivity contribution in [1.82, 2.24) is 0 Å². The van der Waals surface area contributed by atoms with Crippen LogP contribution in [0.3, 0.4) is 0 Å². The molecule has 0 radical (unpaired) electrons. The highest BCUT2D eigenvalue weighted by Gasteiger charge is 2.20. The maximum atomic E-state index is 12.5. The third-order valence-electron chi connectivity index (χ3n) is 1.56. The van der Waals surface area contributed by atoms with Gasteiger partial charge in [-0.3, -0.25) is 0 Å². The second-order valence-corrected chi connectivity index (χ2v) is 2.54. The second kappa shape index (κ2) is 3.67. The molecular weight excluding hydrogens is 201 g/mol. The monoisotopic (exact) mass is 206 g/mol. The molecule has 1 aromatic carbocycles. The molecule has 0 saturated carbocycles. The Balaban J connectivity index is 3.19. The minimum Gasteiger partial charge on any atom is -0.479 e. The van der Waals surface area contributed by atoms with E-state index in [1.165, 1.54) is 0 Å². The molecule has 1 rings (SSSR count). The van der Waals surface area contributed by atoms with Crippen molar-refractivity contribution in [2.75, 3.05) is 0 Å². The Morgan fingerprint density at radius 2 is 1.64 bits per heavy atom. The van der Waals surface area contributed by atoms with Crippen LogP contribution in [0.15, 0.2) is 12.1 Å². The Kier molecular flexibility index (Phi) is 2.76. The average Bonchev–Trinajstić information content (AvgIpc) is 2.12. The number of halogens is 3. The van der Waals surface area contributed by atoms with E-state index in [2.05, 4.69) is 0 Å². The maximum Gasteiger partial charge on any atom is 0.337 e. The van der Waals surface area contributed by atoms with Gasteiger partial charge in [-0.15, -0.1) is 0 Å². The van der Waals surface area contributed by atoms with Crippen LogP contribution in [0, 0.1) is 17.5 Å². The Morgan fingerprint density at radius 3 is 2.00 bits per heavy atom. The number of carboxylic acid groups (broad SMARTS) is 1. The van der Waals surface area contributed by atoms with Crippen molar-refractivity contribution in [3.05, 3.63) is 35.1 Å². The van der Waals surface area contributed by atoms with Crippen molar-refractivity contribution in [3.8, 4) is 0 Å². The smallest absolute Gasteiger partial charge is 0.337 e. The van der Waals surface area contributed by atoms with Gasteiger partial charge in [0.1, 0.15) is 0 Å². The lowest BCUT2D eigenvalue weighted by Gasteiger charge is -2.06. The van der Waals surface area contributed by atoms with E-state index < -0.39 is 35.1 Å². The molecule has 0 aliphatic rings. The number of aliphatic hydroxyl groups is 1. The van der Waals surface area contributed by atoms with Gasteiger partial charge < -0.3 is 10.2 Å². The summed E-state index contributed by atoms with van der Waals surface area (Å²) in [6.07, 6.45) is -2.07. The number of benzene rings is 1. The van der Waals surface area contributed by atoms with Crippen LogP contribution >= 0.6 is 0 Å². The van der Waals surface area contributed by atoms with Gasteiger partial charge in [0.2, 0.25) is 0 Å². The van der Waals surface area contributed by atoms with Crippen LogP contribution in [0.1, 0.15) is 11.7 Å². The number of aliphatic carboxylic acids is 1. The number of carboxylic acids is 1. The van der Waals surface area contributed by atoms with Crippen molar-refractivity contribution in [2.24, 2.45) is 0 Å². The highest BCUT2D eigenvalue weighted by molar-refractivity contribution is 5.73. The molecule has 3 nitrogen and oxygen atoms in total. The largest absolute Gasteiger partial charge is 0.479 e. The maximum absolute atomic E-state index is 12.5. The normalized spacial score (nSPS) is 12.6. The van der Waals surface area contributed by atoms with E-state index in [1.807, 2.05) is 0 Å². The van der Waals surface area contributed by atoms with Crippen molar-refractivity contribution >= 4 is 5.97 Å². The Bertz CT molecular complexity index is 355. The summed E-state index contributed by atoms with van der Waals surface area (Å²) in [5, 5.41) is 17.2. The van der Waals surface area contributed by atoms with Gasteiger partial charge in [-0.1, -0.05) is 0 Å². The first-order valence-corrected chi connectivity index (χ1v) is 3.48. The van der Waals surface area contributed by atoms with Crippen LogP contribution in [0.4, 0.5) is 13.2 Å². The Labute approximate surface area is 76.4 Å². The summed E-state index contributed by atoms with van der Waals surface area (Å²) in [6.45, 7) is 0. The number of hydrogen-bond acceptors (Lipinski definition) is 2. The first kappa shape index (κ1) is 10.5. The summed E-state index contributed by atoms with van der Waals surface area (Å²) in [6, 6.07) is 0.856. The predicted octanol–water partition coefficient (Wildman–Crippen LogP) is 1.22. The quantitative estimate of drug-likeness (QED) is 0.715. The fourth-order valence-corrected chi connectivity index (χ4v) is 0.876. The minimum atomic E-state index is -2.07. The lowest BCUT2D eigenvalue weighted by molar-refractivity contribution is -0.146. The van der Waals surface area contributed by atoms with Crippen LogP contribution < -0.4 is 0 Å². The van der Waals surface area contributed by atoms with Crippen molar-refractivity contribution < 1.29 is 28.2 Å². The summed E-state index contributed by atoms with van der Waals surface area (Å²) >= 11 is 0. The molecule has 14 heavy (non-hydrogen) atoms. The third kappa shape index (κ3) is 1.85. The van der Waals surface area contributed by atoms with Crippen LogP contribution in [-0.2, 0) is 4.79 Å². The average molecular weight is 206 g/mol. The topological polar surface area (TPSA) is 57.5 Å². The fourth-order valence-electron chi connectivity index (χ4n) is 0.876. The molecule has 0 spiro atoms. The molecule has 6 heteroatoms. The lowest BCUT2D eigenvalue weighted by Crippen LogP contribution is -2.11. The van der Waals surface area contributed by atoms with Crippen molar-refractivity contribution in [1.29, 1.82) is 0 Å². The van der Waals surface area contributed by atoms with Gasteiger partial charge >= 0.3 is 5.97 Å². The zero-order valence-corrected chi connectivity index (χ0v) is 6.67. The van der Waals surface area contributed by atoms with E-state index in [-0.39, 0.29) is 0 Å². The van der Waals surface area contributed by atoms with E-state index >= 15 is 0 Å². The van der Waals surface area contributed by atoms with Gasteiger partial charge in [-0.05, 0) is 17.7 Å². The standard InChI is InChI=1S/C8H5F3O3/c9-4-1-3(7(12)8(13)14)2-5(10)6(4)11/h1-2,7,12H,(H,13,14)/t7-/m1/s1. The summed E-state index contributed by atoms with van der Waals surface area (Å²) in [5.74, 6) is -6.46. The number of aliphatic hydroxyl groups excluding tert-OH is 1. The minimum absolute atomic E-state index is 0.428. The number of carbonyl (C=O) groups is 1. The van der Waals surface area contributed by atoms with Crippen LogP contribution in [0.2, 0.25) is 0 Å². The molecule has 0 aliphatic heterocycles. The molecule has 2 N–H and O–H groups in total. The van der Waals surface area contributed by atoms with E-state index in [1.54, 1.807) is 0 Å². The second-order valence-electron chi connectivity index (χ2n) is 2.54. The molecule has 0 heterocycles. The number of hydrogen-bond donors (Lipinski definition) is 2. The molecule has 0 amide bonds. The number of rotatable bonds is 2. The molecule has 1 aromatic rings. The lowest BCUT2D eigenvalue weighted by atomic mass is 10.1. The highest BCUT2D eigenvalue weighted by atomic mass is 19.2. The Morgan fingerprint density at radius 1 is 1.21 bits per heavy atom. The summed E-state index contributed by atoms with van der Waals surface area (Å²) < 4.78 is 37.5. The summed E-state index contributed by atoms with van der Waals surface area (Å²) in [4.78, 5) is 10.2. The van der Waals surface area contributed by atoms with E-state index in [4.69, 9.17) is 10.2 Å². The third-order valence-corrected chi connectivity index (χ3v) is 1.56. The first-order valence-electron chi connectivity index (χ1n) is 3.48. The van der Waals surface area contributed by atoms with Gasteiger partial charge in [-0.25, -0.2) is 18.0 Å². The molecule has 0 saturated heterocycles. The SMILES string of the molecule is O=C(O)[C@H](O)c1cc(F)c(F)c(F)c1. The van der Waals surface area contributed by atoms with Gasteiger partial charge in [-0.2, -0.15) is 0 Å². The van der Waals surface area contributed by atoms with Crippen molar-refractivity contribution in [3.63, 3.8) is 0 Å². The molecule has 0 aliphatic carbocycles. The molecule has 1 atom stereocenters.